The average Bonchev–Trinajstić information content (AvgIpc) is 1.98. The van der Waals surface area contributed by atoms with Gasteiger partial charge in [0.05, 0.1) is 0 Å². The van der Waals surface area contributed by atoms with Crippen molar-refractivity contribution in [2.75, 3.05) is 0 Å². The van der Waals surface area contributed by atoms with E-state index in [2.05, 4.69) is 11.9 Å². The van der Waals surface area contributed by atoms with Gasteiger partial charge in [0.25, 0.3) is 0 Å². The van der Waals surface area contributed by atoms with Crippen molar-refractivity contribution in [3.05, 3.63) is 35.7 Å². The smallest absolute Gasteiger partial charge is 0.0347 e. The minimum Gasteiger partial charge on any atom is -0.399 e. The highest BCUT2D eigenvalue weighted by Crippen LogP contribution is 2.08. The highest BCUT2D eigenvalue weighted by Gasteiger charge is 1.93. The normalized spacial score (nSPS) is 32.1. The second-order valence-electron chi connectivity index (χ2n) is 2.31. The van der Waals surface area contributed by atoms with Crippen LogP contribution < -0.4 is 5.73 Å². The van der Waals surface area contributed by atoms with Crippen molar-refractivity contribution in [3.63, 3.8) is 0 Å². The van der Waals surface area contributed by atoms with Crippen LogP contribution >= 0.6 is 0 Å². The van der Waals surface area contributed by atoms with E-state index in [9.17, 15) is 0 Å². The lowest BCUT2D eigenvalue weighted by Gasteiger charge is -2.01. The molecular weight excluding hydrogens is 136 g/mol. The summed E-state index contributed by atoms with van der Waals surface area (Å²) in [6.45, 7) is 2.08. The predicted molar refractivity (Wildman–Crippen MR) is 48.3 cm³/mol. The first-order valence-corrected chi connectivity index (χ1v) is 3.69. The van der Waals surface area contributed by atoms with Gasteiger partial charge in [-0.2, -0.15) is 0 Å². The monoisotopic (exact) mass is 148 g/mol. The topological polar surface area (TPSA) is 38.4 Å². The van der Waals surface area contributed by atoms with Crippen molar-refractivity contribution < 1.29 is 0 Å². The quantitative estimate of drug-likeness (QED) is 0.604. The van der Waals surface area contributed by atoms with E-state index in [1.165, 1.54) is 0 Å². The van der Waals surface area contributed by atoms with Crippen LogP contribution in [0, 0.1) is 0 Å². The van der Waals surface area contributed by atoms with Crippen molar-refractivity contribution >= 4 is 6.21 Å². The van der Waals surface area contributed by atoms with Crippen LogP contribution in [0.1, 0.15) is 13.3 Å². The summed E-state index contributed by atoms with van der Waals surface area (Å²) in [5.74, 6) is 0. The number of nitrogens with two attached hydrogens (primary N) is 1. The number of allylic oxidation sites excluding steroid dienone is 4. The Labute approximate surface area is 66.8 Å². The summed E-state index contributed by atoms with van der Waals surface area (Å²) >= 11 is 0. The van der Waals surface area contributed by atoms with Crippen molar-refractivity contribution in [2.45, 2.75) is 13.3 Å². The standard InChI is InChI=1S/C9H12N2/c1-2-8-5-7-11-6-3-4-9(8)10/h3-7H,2,10H2,1H3/b4-3-,6-3?,7-5+,8-5?,9-4?,9-8-,11-6-,11-7?. The molecule has 1 rings (SSSR count). The Morgan fingerprint density at radius 1 is 1.45 bits per heavy atom. The van der Waals surface area contributed by atoms with E-state index in [1.54, 1.807) is 12.4 Å². The van der Waals surface area contributed by atoms with Gasteiger partial charge in [-0.3, -0.25) is 4.99 Å². The van der Waals surface area contributed by atoms with Gasteiger partial charge in [0.2, 0.25) is 0 Å². The first kappa shape index (κ1) is 7.79. The summed E-state index contributed by atoms with van der Waals surface area (Å²) in [6, 6.07) is 0. The Morgan fingerprint density at radius 3 is 3.00 bits per heavy atom. The molecule has 0 fully saturated rings. The number of hydrogen-bond acceptors (Lipinski definition) is 2. The van der Waals surface area contributed by atoms with E-state index in [-0.39, 0.29) is 0 Å². The lowest BCUT2D eigenvalue weighted by atomic mass is 10.1. The van der Waals surface area contributed by atoms with E-state index in [4.69, 9.17) is 5.73 Å². The van der Waals surface area contributed by atoms with Crippen LogP contribution in [0.3, 0.4) is 0 Å². The second kappa shape index (κ2) is 3.76. The molecule has 0 atom stereocenters. The zero-order valence-electron chi connectivity index (χ0n) is 6.62. The molecule has 2 nitrogen and oxygen atoms in total. The summed E-state index contributed by atoms with van der Waals surface area (Å²) in [6.07, 6.45) is 10.1. The van der Waals surface area contributed by atoms with Crippen LogP contribution in [0.25, 0.3) is 0 Å². The van der Waals surface area contributed by atoms with E-state index in [0.29, 0.717) is 0 Å². The molecule has 0 saturated heterocycles. The van der Waals surface area contributed by atoms with Gasteiger partial charge >= 0.3 is 0 Å². The first-order chi connectivity index (χ1) is 5.34. The maximum Gasteiger partial charge on any atom is 0.0347 e. The number of nitrogens with zero attached hydrogens (tertiary/aromatic N) is 1. The summed E-state index contributed by atoms with van der Waals surface area (Å²) < 4.78 is 0. The maximum atomic E-state index is 5.74. The lowest BCUT2D eigenvalue weighted by Crippen LogP contribution is -1.98. The highest BCUT2D eigenvalue weighted by molar-refractivity contribution is 5.73. The van der Waals surface area contributed by atoms with E-state index >= 15 is 0 Å². The van der Waals surface area contributed by atoms with Crippen molar-refractivity contribution in [2.24, 2.45) is 10.7 Å². The predicted octanol–water partition coefficient (Wildman–Crippen LogP) is 1.76. The first-order valence-electron chi connectivity index (χ1n) is 3.69. The zero-order valence-corrected chi connectivity index (χ0v) is 6.62. The van der Waals surface area contributed by atoms with Crippen molar-refractivity contribution in [1.29, 1.82) is 0 Å². The molecule has 11 heavy (non-hydrogen) atoms. The minimum atomic E-state index is 0.829. The molecule has 0 unspecified atom stereocenters. The van der Waals surface area contributed by atoms with E-state index in [0.717, 1.165) is 17.7 Å². The molecule has 0 saturated carbocycles. The fourth-order valence-corrected chi connectivity index (χ4v) is 0.904. The lowest BCUT2D eigenvalue weighted by molar-refractivity contribution is 1.11. The molecular formula is C9H12N2. The Balaban J connectivity index is 2.92. The Kier molecular flexibility index (Phi) is 2.66. The Morgan fingerprint density at radius 2 is 2.27 bits per heavy atom. The fourth-order valence-electron chi connectivity index (χ4n) is 0.904. The molecule has 0 aromatic heterocycles. The molecule has 0 spiro atoms. The van der Waals surface area contributed by atoms with Crippen molar-refractivity contribution in [3.8, 4) is 0 Å². The molecule has 0 aliphatic carbocycles. The molecule has 0 bridgehead atoms. The molecule has 1 aliphatic heterocycles. The van der Waals surface area contributed by atoms with Crippen LogP contribution in [0.15, 0.2) is 40.7 Å². The van der Waals surface area contributed by atoms with E-state index in [1.807, 2.05) is 18.2 Å². The summed E-state index contributed by atoms with van der Waals surface area (Å²) in [7, 11) is 0. The van der Waals surface area contributed by atoms with E-state index < -0.39 is 0 Å². The molecule has 1 heterocycles. The molecule has 0 radical (unpaired) electrons. The Bertz CT molecular complexity index is 244. The molecule has 2 heteroatoms. The fraction of sp³-hybridized carbons (Fsp3) is 0.222. The van der Waals surface area contributed by atoms with Crippen LogP contribution in [-0.4, -0.2) is 6.21 Å². The third kappa shape index (κ3) is 2.08. The SMILES string of the molecule is CCC1=C(N)\C=C/C=N\C=C\1. The summed E-state index contributed by atoms with van der Waals surface area (Å²) in [5.41, 5.74) is 7.70. The average molecular weight is 148 g/mol. The van der Waals surface area contributed by atoms with Gasteiger partial charge < -0.3 is 5.73 Å². The van der Waals surface area contributed by atoms with Gasteiger partial charge in [0, 0.05) is 18.1 Å². The van der Waals surface area contributed by atoms with Crippen LogP contribution in [0.5, 0.6) is 0 Å². The molecule has 0 aromatic rings. The zero-order chi connectivity index (χ0) is 8.10. The highest BCUT2D eigenvalue weighted by atomic mass is 14.7. The molecule has 58 valence electrons. The van der Waals surface area contributed by atoms with Gasteiger partial charge in [0.15, 0.2) is 0 Å². The van der Waals surface area contributed by atoms with Gasteiger partial charge in [-0.15, -0.1) is 0 Å². The van der Waals surface area contributed by atoms with Crippen LogP contribution in [0.2, 0.25) is 0 Å². The minimum absolute atomic E-state index is 0.829. The third-order valence-electron chi connectivity index (χ3n) is 1.56. The second-order valence-corrected chi connectivity index (χ2v) is 2.31. The maximum absolute atomic E-state index is 5.74. The van der Waals surface area contributed by atoms with Gasteiger partial charge in [0.1, 0.15) is 0 Å². The third-order valence-corrected chi connectivity index (χ3v) is 1.56. The molecule has 0 amide bonds. The molecule has 1 aliphatic rings. The van der Waals surface area contributed by atoms with Gasteiger partial charge in [-0.05, 0) is 30.2 Å². The largest absolute Gasteiger partial charge is 0.399 e. The van der Waals surface area contributed by atoms with Gasteiger partial charge in [-0.25, -0.2) is 0 Å². The molecule has 2 N–H and O–H groups in total. The number of aliphatic imine (C=N–C) groups is 1. The Hall–Kier alpha value is -1.31. The number of hydrogen-bond donors (Lipinski definition) is 1. The van der Waals surface area contributed by atoms with Crippen LogP contribution in [-0.2, 0) is 0 Å². The summed E-state index contributed by atoms with van der Waals surface area (Å²) in [4.78, 5) is 3.98. The summed E-state index contributed by atoms with van der Waals surface area (Å²) in [5, 5.41) is 0. The number of rotatable bonds is 1. The van der Waals surface area contributed by atoms with Crippen molar-refractivity contribution in [1.82, 2.24) is 0 Å². The molecule has 0 aromatic carbocycles. The van der Waals surface area contributed by atoms with Crippen LogP contribution in [0.4, 0.5) is 0 Å². The van der Waals surface area contributed by atoms with Gasteiger partial charge in [-0.1, -0.05) is 6.92 Å².